The van der Waals surface area contributed by atoms with Gasteiger partial charge in [-0.05, 0) is 96.5 Å². The second kappa shape index (κ2) is 21.8. The number of unbranched alkanes of at least 4 members (excludes halogenated alkanes) is 4. The Labute approximate surface area is 325 Å². The zero-order valence-corrected chi connectivity index (χ0v) is 32.4. The van der Waals surface area contributed by atoms with Crippen molar-refractivity contribution in [3.05, 3.63) is 135 Å². The number of nitrogens with two attached hydrogens (primary N) is 1. The number of aliphatic imine (C=N–C) groups is 1. The van der Waals surface area contributed by atoms with Crippen LogP contribution in [-0.4, -0.2) is 23.3 Å². The number of aryl methyl sites for hydroxylation is 2. The number of thiazole rings is 2. The van der Waals surface area contributed by atoms with E-state index in [2.05, 4.69) is 28.8 Å². The number of aromatic nitrogens is 2. The third-order valence-electron chi connectivity index (χ3n) is 8.14. The first kappa shape index (κ1) is 42.7. The molecular formula is C42H42F6N4OS2. The molecule has 6 aromatic rings. The van der Waals surface area contributed by atoms with Gasteiger partial charge in [0.1, 0.15) is 5.82 Å². The molecule has 0 amide bonds. The number of benzene rings is 4. The summed E-state index contributed by atoms with van der Waals surface area (Å²) in [7, 11) is 1.36. The van der Waals surface area contributed by atoms with Crippen LogP contribution in [0.1, 0.15) is 67.7 Å². The molecule has 4 aromatic carbocycles. The normalized spacial score (nSPS) is 10.9. The minimum absolute atomic E-state index is 0.108. The molecule has 2 heterocycles. The highest BCUT2D eigenvalue weighted by Crippen LogP contribution is 2.28. The van der Waals surface area contributed by atoms with E-state index in [1.165, 1.54) is 96.9 Å². The molecule has 0 fully saturated rings. The molecule has 0 saturated carbocycles. The number of hydrogen-bond acceptors (Lipinski definition) is 7. The molecule has 5 nitrogen and oxygen atoms in total. The summed E-state index contributed by atoms with van der Waals surface area (Å²) < 4.78 is 84.7. The molecule has 0 aliphatic heterocycles. The van der Waals surface area contributed by atoms with Crippen LogP contribution in [0.25, 0.3) is 22.3 Å². The van der Waals surface area contributed by atoms with Crippen LogP contribution in [0.4, 0.5) is 36.6 Å². The molecule has 0 aliphatic rings. The number of nitrogens with zero attached hydrogens (tertiary/aromatic N) is 3. The van der Waals surface area contributed by atoms with E-state index in [1.54, 1.807) is 29.5 Å². The van der Waals surface area contributed by atoms with Gasteiger partial charge in [-0.1, -0.05) is 75.1 Å². The van der Waals surface area contributed by atoms with Crippen LogP contribution in [0.5, 0.6) is 5.75 Å². The maximum absolute atomic E-state index is 14.4. The predicted octanol–water partition coefficient (Wildman–Crippen LogP) is 12.9. The number of ether oxygens (including phenoxy) is 1. The van der Waals surface area contributed by atoms with E-state index in [9.17, 15) is 26.3 Å². The van der Waals surface area contributed by atoms with Gasteiger partial charge < -0.3 is 10.5 Å². The van der Waals surface area contributed by atoms with Crippen LogP contribution >= 0.6 is 22.7 Å². The molecule has 0 bridgehead atoms. The average molecular weight is 797 g/mol. The summed E-state index contributed by atoms with van der Waals surface area (Å²) in [6.45, 7) is 4.37. The molecule has 290 valence electrons. The smallest absolute Gasteiger partial charge is 0.209 e. The van der Waals surface area contributed by atoms with Crippen molar-refractivity contribution in [2.45, 2.75) is 65.2 Å². The van der Waals surface area contributed by atoms with Gasteiger partial charge in [-0.15, -0.1) is 11.3 Å². The largest absolute Gasteiger partial charge is 0.494 e. The summed E-state index contributed by atoms with van der Waals surface area (Å²) in [5, 5.41) is 1.28. The standard InChI is InChI=1S/C21H19F3N2S.C13H9F3O.C8H14N2S/c1-2-3-4-5-17-13-26-21(27-17)25-12-16-7-6-14(10-19(16)23)15-8-9-18(22)20(24)11-15;1-17-13-5-3-9(7-12(13)16)8-2-4-10(14)11(15)6-8;1-2-3-4-5-7-6-10-8(9)11-7/h6-13H,2-5H2,1H3;2-7H,1H3;6H,2-5H2,1H3,(H2,9,10). The maximum Gasteiger partial charge on any atom is 0.209 e. The SMILES string of the molecule is CCCCCc1cnc(N)s1.CCCCCc1cnc(N=Cc2ccc(-c3ccc(F)c(F)c3)cc2F)s1.COc1ccc(-c2ccc(F)c(F)c2)cc1F. The summed E-state index contributed by atoms with van der Waals surface area (Å²) in [6.07, 6.45) is 14.6. The first-order valence-electron chi connectivity index (χ1n) is 17.7. The number of anilines is 1. The first-order chi connectivity index (χ1) is 26.5. The van der Waals surface area contributed by atoms with E-state index in [0.717, 1.165) is 43.5 Å². The van der Waals surface area contributed by atoms with Gasteiger partial charge in [0.25, 0.3) is 0 Å². The van der Waals surface area contributed by atoms with E-state index in [4.69, 9.17) is 10.5 Å². The third-order valence-corrected chi connectivity index (χ3v) is 9.99. The zero-order valence-electron chi connectivity index (χ0n) is 30.7. The summed E-state index contributed by atoms with van der Waals surface area (Å²) in [6, 6.07) is 15.6. The Morgan fingerprint density at radius 3 is 1.56 bits per heavy atom. The minimum Gasteiger partial charge on any atom is -0.494 e. The highest BCUT2D eigenvalue weighted by Gasteiger charge is 2.10. The Kier molecular flexibility index (Phi) is 16.9. The van der Waals surface area contributed by atoms with Crippen molar-refractivity contribution in [1.29, 1.82) is 0 Å². The van der Waals surface area contributed by atoms with Gasteiger partial charge in [0.2, 0.25) is 5.13 Å². The summed E-state index contributed by atoms with van der Waals surface area (Å²) >= 11 is 3.11. The molecule has 0 saturated heterocycles. The fourth-order valence-electron chi connectivity index (χ4n) is 5.14. The van der Waals surface area contributed by atoms with Gasteiger partial charge in [-0.3, -0.25) is 0 Å². The minimum atomic E-state index is -0.961. The highest BCUT2D eigenvalue weighted by atomic mass is 32.1. The van der Waals surface area contributed by atoms with Crippen molar-refractivity contribution in [2.75, 3.05) is 12.8 Å². The lowest BCUT2D eigenvalue weighted by Crippen LogP contribution is -1.91. The average Bonchev–Trinajstić information content (AvgIpc) is 3.82. The second-order valence-electron chi connectivity index (χ2n) is 12.3. The van der Waals surface area contributed by atoms with Gasteiger partial charge in [-0.25, -0.2) is 41.3 Å². The highest BCUT2D eigenvalue weighted by molar-refractivity contribution is 7.15. The van der Waals surface area contributed by atoms with Crippen molar-refractivity contribution in [3.8, 4) is 28.0 Å². The molecule has 55 heavy (non-hydrogen) atoms. The number of halogens is 6. The Morgan fingerprint density at radius 2 is 1.09 bits per heavy atom. The molecule has 0 radical (unpaired) electrons. The van der Waals surface area contributed by atoms with Gasteiger partial charge in [0.05, 0.1) is 7.11 Å². The molecular weight excluding hydrogens is 755 g/mol. The monoisotopic (exact) mass is 796 g/mol. The van der Waals surface area contributed by atoms with E-state index in [1.807, 2.05) is 12.4 Å². The molecule has 0 aliphatic carbocycles. The molecule has 2 N–H and O–H groups in total. The topological polar surface area (TPSA) is 73.4 Å². The van der Waals surface area contributed by atoms with E-state index >= 15 is 0 Å². The van der Waals surface area contributed by atoms with Gasteiger partial charge in [0.15, 0.2) is 40.0 Å². The van der Waals surface area contributed by atoms with Crippen LogP contribution in [-0.2, 0) is 12.8 Å². The lowest BCUT2D eigenvalue weighted by Gasteiger charge is -2.05. The number of hydrogen-bond donors (Lipinski definition) is 1. The number of nitrogen functional groups attached to an aromatic ring is 1. The number of methoxy groups -OCH3 is 1. The molecule has 0 unspecified atom stereocenters. The lowest BCUT2D eigenvalue weighted by molar-refractivity contribution is 0.386. The van der Waals surface area contributed by atoms with Crippen molar-refractivity contribution >= 4 is 39.2 Å². The molecule has 13 heteroatoms. The fourth-order valence-corrected chi connectivity index (χ4v) is 6.67. The van der Waals surface area contributed by atoms with E-state index in [-0.39, 0.29) is 5.75 Å². The summed E-state index contributed by atoms with van der Waals surface area (Å²) in [5.41, 5.74) is 7.55. The lowest BCUT2D eigenvalue weighted by atomic mass is 10.0. The second-order valence-corrected chi connectivity index (χ2v) is 14.5. The van der Waals surface area contributed by atoms with Crippen LogP contribution in [0.15, 0.2) is 90.2 Å². The quantitative estimate of drug-likeness (QED) is 0.0718. The van der Waals surface area contributed by atoms with Crippen molar-refractivity contribution in [2.24, 2.45) is 4.99 Å². The number of rotatable bonds is 13. The van der Waals surface area contributed by atoms with Gasteiger partial charge in [0, 0.05) is 33.9 Å². The Bertz CT molecular complexity index is 2150. The fraction of sp³-hybridized carbons (Fsp3) is 0.262. The van der Waals surface area contributed by atoms with Crippen LogP contribution in [0.2, 0.25) is 0 Å². The van der Waals surface area contributed by atoms with E-state index in [0.29, 0.717) is 38.1 Å². The third kappa shape index (κ3) is 13.4. The van der Waals surface area contributed by atoms with E-state index < -0.39 is 34.9 Å². The Morgan fingerprint density at radius 1 is 0.600 bits per heavy atom. The summed E-state index contributed by atoms with van der Waals surface area (Å²) in [5.74, 6) is -4.70. The Hall–Kier alpha value is -5.01. The van der Waals surface area contributed by atoms with Crippen LogP contribution in [0.3, 0.4) is 0 Å². The molecule has 2 aromatic heterocycles. The van der Waals surface area contributed by atoms with Crippen molar-refractivity contribution < 1.29 is 31.1 Å². The van der Waals surface area contributed by atoms with Crippen LogP contribution in [0, 0.1) is 34.9 Å². The van der Waals surface area contributed by atoms with Crippen molar-refractivity contribution in [3.63, 3.8) is 0 Å². The van der Waals surface area contributed by atoms with Crippen LogP contribution < -0.4 is 10.5 Å². The van der Waals surface area contributed by atoms with Gasteiger partial charge in [-0.2, -0.15) is 0 Å². The molecule has 6 rings (SSSR count). The molecule has 0 spiro atoms. The zero-order chi connectivity index (χ0) is 39.7. The van der Waals surface area contributed by atoms with Crippen molar-refractivity contribution in [1.82, 2.24) is 9.97 Å². The maximum atomic E-state index is 14.4. The molecule has 0 atom stereocenters. The summed E-state index contributed by atoms with van der Waals surface area (Å²) in [4.78, 5) is 15.0. The predicted molar refractivity (Wildman–Crippen MR) is 212 cm³/mol. The first-order valence-corrected chi connectivity index (χ1v) is 19.4. The van der Waals surface area contributed by atoms with Gasteiger partial charge >= 0.3 is 0 Å². The Balaban J connectivity index is 0.000000204.